The number of hydrogen-bond acceptors (Lipinski definition) is 4. The molecule has 0 aliphatic heterocycles. The second-order valence-electron chi connectivity index (χ2n) is 3.14. The molecule has 0 aliphatic rings. The number of rotatable bonds is 3. The van der Waals surface area contributed by atoms with Crippen LogP contribution in [0.1, 0.15) is 11.3 Å². The van der Waals surface area contributed by atoms with Crippen LogP contribution in [0, 0.1) is 0 Å². The Hall–Kier alpha value is -1.09. The first-order chi connectivity index (χ1) is 7.09. The average Bonchev–Trinajstić information content (AvgIpc) is 2.41. The molecule has 0 spiro atoms. The van der Waals surface area contributed by atoms with Gasteiger partial charge in [-0.3, -0.25) is 8.86 Å². The first kappa shape index (κ1) is 13.0. The zero-order chi connectivity index (χ0) is 12.6. The molecule has 0 atom stereocenters. The van der Waals surface area contributed by atoms with Crippen LogP contribution in [0.25, 0.3) is 0 Å². The molecule has 0 unspecified atom stereocenters. The van der Waals surface area contributed by atoms with Crippen molar-refractivity contribution in [1.29, 1.82) is 0 Å². The van der Waals surface area contributed by atoms with Gasteiger partial charge in [0.05, 0.1) is 12.9 Å². The summed E-state index contributed by atoms with van der Waals surface area (Å²) in [5, 5.41) is 3.20. The molecule has 0 bridgehead atoms. The van der Waals surface area contributed by atoms with E-state index < -0.39 is 28.6 Å². The van der Waals surface area contributed by atoms with Crippen LogP contribution in [-0.4, -0.2) is 24.5 Å². The van der Waals surface area contributed by atoms with Gasteiger partial charge < -0.3 is 0 Å². The van der Waals surface area contributed by atoms with E-state index in [2.05, 4.69) is 9.28 Å². The van der Waals surface area contributed by atoms with Gasteiger partial charge in [0.15, 0.2) is 5.69 Å². The van der Waals surface area contributed by atoms with Gasteiger partial charge in [-0.2, -0.15) is 26.7 Å². The minimum absolute atomic E-state index is 0.319. The second kappa shape index (κ2) is 4.06. The van der Waals surface area contributed by atoms with Crippen LogP contribution >= 0.6 is 0 Å². The zero-order valence-corrected chi connectivity index (χ0v) is 9.26. The van der Waals surface area contributed by atoms with Gasteiger partial charge in [0.2, 0.25) is 0 Å². The van der Waals surface area contributed by atoms with E-state index in [0.717, 1.165) is 17.1 Å². The molecule has 16 heavy (non-hydrogen) atoms. The van der Waals surface area contributed by atoms with Gasteiger partial charge in [-0.05, 0) is 0 Å². The lowest BCUT2D eigenvalue weighted by Gasteiger charge is -2.05. The third-order valence-electron chi connectivity index (χ3n) is 1.60. The summed E-state index contributed by atoms with van der Waals surface area (Å²) in [5.41, 5.74) is -1.46. The molecular weight excluding hydrogens is 249 g/mol. The second-order valence-corrected chi connectivity index (χ2v) is 4.78. The Labute approximate surface area is 89.9 Å². The van der Waals surface area contributed by atoms with Crippen LogP contribution in [-0.2, 0) is 34.1 Å². The van der Waals surface area contributed by atoms with Gasteiger partial charge in [-0.15, -0.1) is 0 Å². The van der Waals surface area contributed by atoms with Crippen molar-refractivity contribution in [3.63, 3.8) is 0 Å². The quantitative estimate of drug-likeness (QED) is 0.756. The fraction of sp³-hybridized carbons (Fsp3) is 0.571. The maximum atomic E-state index is 12.4. The SMILES string of the molecule is Cn1cc(COS(C)(=O)=O)c(C(F)(F)F)n1. The van der Waals surface area contributed by atoms with Crippen molar-refractivity contribution < 1.29 is 25.8 Å². The number of nitrogens with zero attached hydrogens (tertiary/aromatic N) is 2. The lowest BCUT2D eigenvalue weighted by atomic mass is 10.2. The Bertz CT molecular complexity index is 478. The topological polar surface area (TPSA) is 61.2 Å². The Morgan fingerprint density at radius 1 is 1.50 bits per heavy atom. The lowest BCUT2D eigenvalue weighted by molar-refractivity contribution is -0.142. The summed E-state index contributed by atoms with van der Waals surface area (Å²) >= 11 is 0. The highest BCUT2D eigenvalue weighted by atomic mass is 32.2. The summed E-state index contributed by atoms with van der Waals surface area (Å²) < 4.78 is 63.7. The first-order valence-corrected chi connectivity index (χ1v) is 5.85. The van der Waals surface area contributed by atoms with Crippen LogP contribution in [0.15, 0.2) is 6.20 Å². The van der Waals surface area contributed by atoms with Crippen LogP contribution in [0.2, 0.25) is 0 Å². The molecule has 5 nitrogen and oxygen atoms in total. The fourth-order valence-electron chi connectivity index (χ4n) is 1.05. The van der Waals surface area contributed by atoms with Crippen LogP contribution in [0.3, 0.4) is 0 Å². The van der Waals surface area contributed by atoms with Crippen molar-refractivity contribution in [3.05, 3.63) is 17.5 Å². The standard InChI is InChI=1S/C7H9F3N2O3S/c1-12-3-5(4-15-16(2,13)14)6(11-12)7(8,9)10/h3H,4H2,1-2H3. The van der Waals surface area contributed by atoms with Gasteiger partial charge in [0.1, 0.15) is 0 Å². The molecule has 1 aromatic heterocycles. The Morgan fingerprint density at radius 2 is 2.06 bits per heavy atom. The molecule has 0 radical (unpaired) electrons. The molecule has 1 rings (SSSR count). The molecule has 1 aromatic rings. The number of alkyl halides is 3. The highest BCUT2D eigenvalue weighted by Crippen LogP contribution is 2.30. The summed E-state index contributed by atoms with van der Waals surface area (Å²) in [6, 6.07) is 0. The van der Waals surface area contributed by atoms with Crippen molar-refractivity contribution >= 4 is 10.1 Å². The molecule has 1 heterocycles. The third kappa shape index (κ3) is 3.49. The molecular formula is C7H9F3N2O3S. The van der Waals surface area contributed by atoms with E-state index in [1.54, 1.807) is 0 Å². The summed E-state index contributed by atoms with van der Waals surface area (Å²) in [6.45, 7) is -0.679. The monoisotopic (exact) mass is 258 g/mol. The van der Waals surface area contributed by atoms with E-state index in [1.807, 2.05) is 0 Å². The Morgan fingerprint density at radius 3 is 2.50 bits per heavy atom. The van der Waals surface area contributed by atoms with Crippen molar-refractivity contribution in [2.24, 2.45) is 7.05 Å². The molecule has 0 aliphatic carbocycles. The van der Waals surface area contributed by atoms with E-state index in [4.69, 9.17) is 0 Å². The van der Waals surface area contributed by atoms with Crippen molar-refractivity contribution in [3.8, 4) is 0 Å². The summed E-state index contributed by atoms with van der Waals surface area (Å²) in [4.78, 5) is 0. The highest BCUT2D eigenvalue weighted by Gasteiger charge is 2.37. The van der Waals surface area contributed by atoms with E-state index in [9.17, 15) is 21.6 Å². The van der Waals surface area contributed by atoms with Crippen LogP contribution in [0.5, 0.6) is 0 Å². The Kier molecular flexibility index (Phi) is 3.29. The Balaban J connectivity index is 2.96. The molecule has 0 N–H and O–H groups in total. The first-order valence-electron chi connectivity index (χ1n) is 4.04. The van der Waals surface area contributed by atoms with Crippen molar-refractivity contribution in [2.75, 3.05) is 6.26 Å². The smallest absolute Gasteiger partial charge is 0.275 e. The van der Waals surface area contributed by atoms with Gasteiger partial charge in [-0.25, -0.2) is 0 Å². The fourth-order valence-corrected chi connectivity index (χ4v) is 1.39. The summed E-state index contributed by atoms with van der Waals surface area (Å²) in [6.07, 6.45) is -2.80. The van der Waals surface area contributed by atoms with Crippen molar-refractivity contribution in [1.82, 2.24) is 9.78 Å². The normalized spacial score (nSPS) is 13.1. The maximum absolute atomic E-state index is 12.4. The predicted octanol–water partition coefficient (Wildman–Crippen LogP) is 0.915. The number of hydrogen-bond donors (Lipinski definition) is 0. The van der Waals surface area contributed by atoms with Gasteiger partial charge >= 0.3 is 6.18 Å². The molecule has 0 amide bonds. The van der Waals surface area contributed by atoms with Crippen molar-refractivity contribution in [2.45, 2.75) is 12.8 Å². The van der Waals surface area contributed by atoms with E-state index >= 15 is 0 Å². The molecule has 0 fully saturated rings. The number of aromatic nitrogens is 2. The zero-order valence-electron chi connectivity index (χ0n) is 8.45. The molecule has 9 heteroatoms. The van der Waals surface area contributed by atoms with E-state index in [0.29, 0.717) is 0 Å². The number of halogens is 3. The summed E-state index contributed by atoms with van der Waals surface area (Å²) in [7, 11) is -2.47. The molecule has 0 saturated heterocycles. The van der Waals surface area contributed by atoms with Gasteiger partial charge in [0.25, 0.3) is 10.1 Å². The molecule has 0 aromatic carbocycles. The number of aryl methyl sites for hydroxylation is 1. The predicted molar refractivity (Wildman–Crippen MR) is 47.8 cm³/mol. The molecule has 0 saturated carbocycles. The third-order valence-corrected chi connectivity index (χ3v) is 2.15. The summed E-state index contributed by atoms with van der Waals surface area (Å²) in [5.74, 6) is 0. The minimum Gasteiger partial charge on any atom is -0.275 e. The average molecular weight is 258 g/mol. The van der Waals surface area contributed by atoms with Gasteiger partial charge in [-0.1, -0.05) is 0 Å². The maximum Gasteiger partial charge on any atom is 0.435 e. The van der Waals surface area contributed by atoms with Gasteiger partial charge in [0, 0.05) is 18.8 Å². The van der Waals surface area contributed by atoms with E-state index in [-0.39, 0.29) is 5.56 Å². The largest absolute Gasteiger partial charge is 0.435 e. The van der Waals surface area contributed by atoms with Crippen LogP contribution in [0.4, 0.5) is 13.2 Å². The minimum atomic E-state index is -4.63. The lowest BCUT2D eigenvalue weighted by Crippen LogP contribution is -2.11. The van der Waals surface area contributed by atoms with Crippen LogP contribution < -0.4 is 0 Å². The van der Waals surface area contributed by atoms with E-state index in [1.165, 1.54) is 7.05 Å². The molecule has 92 valence electrons. The highest BCUT2D eigenvalue weighted by molar-refractivity contribution is 7.85.